The van der Waals surface area contributed by atoms with E-state index >= 15 is 0 Å². The average Bonchev–Trinajstić information content (AvgIpc) is 2.82. The number of rotatable bonds is 6. The molecule has 5 heteroatoms. The number of likely N-dealkylation sites (tertiary alicyclic amines) is 1. The number of carbonyl (C=O) groups excluding carboxylic acids is 1. The van der Waals surface area contributed by atoms with Gasteiger partial charge in [0.05, 0.1) is 13.2 Å². The van der Waals surface area contributed by atoms with E-state index in [0.29, 0.717) is 31.6 Å². The maximum absolute atomic E-state index is 12.7. The monoisotopic (exact) mass is 425 g/mol. The first-order valence-corrected chi connectivity index (χ1v) is 12.7. The van der Waals surface area contributed by atoms with Gasteiger partial charge in [-0.25, -0.2) is 0 Å². The Hall–Kier alpha value is -1.43. The normalized spacial score (nSPS) is 31.9. The van der Waals surface area contributed by atoms with Crippen molar-refractivity contribution >= 4 is 5.91 Å². The van der Waals surface area contributed by atoms with Crippen LogP contribution in [0.3, 0.4) is 0 Å². The van der Waals surface area contributed by atoms with Gasteiger partial charge < -0.3 is 9.64 Å². The number of morpholine rings is 1. The SMILES string of the molecule is O=C(CCCC1[C@H]2CCCN3CCC[C@@H](CN1Cc1ccccc1)[C@@H]23)N1CCOCC1. The van der Waals surface area contributed by atoms with Crippen LogP contribution in [0.5, 0.6) is 0 Å². The summed E-state index contributed by atoms with van der Waals surface area (Å²) in [6, 6.07) is 12.4. The Bertz CT molecular complexity index is 719. The molecule has 170 valence electrons. The van der Waals surface area contributed by atoms with E-state index in [1.165, 1.54) is 50.9 Å². The second-order valence-electron chi connectivity index (χ2n) is 10.1. The molecular weight excluding hydrogens is 386 g/mol. The van der Waals surface area contributed by atoms with Crippen LogP contribution in [0.2, 0.25) is 0 Å². The molecule has 1 aromatic carbocycles. The van der Waals surface area contributed by atoms with Crippen molar-refractivity contribution in [3.63, 3.8) is 0 Å². The van der Waals surface area contributed by atoms with Gasteiger partial charge in [-0.05, 0) is 69.0 Å². The number of hydrogen-bond donors (Lipinski definition) is 0. The third kappa shape index (κ3) is 4.84. The lowest BCUT2D eigenvalue weighted by Crippen LogP contribution is -2.64. The highest BCUT2D eigenvalue weighted by atomic mass is 16.5. The Morgan fingerprint density at radius 3 is 2.58 bits per heavy atom. The molecule has 4 saturated heterocycles. The molecule has 0 N–H and O–H groups in total. The third-order valence-corrected chi connectivity index (χ3v) is 8.26. The largest absolute Gasteiger partial charge is 0.378 e. The molecule has 31 heavy (non-hydrogen) atoms. The van der Waals surface area contributed by atoms with Gasteiger partial charge in [-0.2, -0.15) is 0 Å². The molecule has 0 spiro atoms. The summed E-state index contributed by atoms with van der Waals surface area (Å²) >= 11 is 0. The van der Waals surface area contributed by atoms with E-state index in [4.69, 9.17) is 4.74 Å². The van der Waals surface area contributed by atoms with E-state index in [0.717, 1.165) is 50.4 Å². The van der Waals surface area contributed by atoms with Gasteiger partial charge in [0.1, 0.15) is 0 Å². The van der Waals surface area contributed by atoms with E-state index < -0.39 is 0 Å². The number of ether oxygens (including phenoxy) is 1. The predicted octanol–water partition coefficient (Wildman–Crippen LogP) is 3.39. The number of benzene rings is 1. The van der Waals surface area contributed by atoms with E-state index in [1.807, 2.05) is 4.90 Å². The summed E-state index contributed by atoms with van der Waals surface area (Å²) in [6.45, 7) is 7.82. The summed E-state index contributed by atoms with van der Waals surface area (Å²) in [4.78, 5) is 20.3. The Balaban J connectivity index is 1.27. The van der Waals surface area contributed by atoms with E-state index in [9.17, 15) is 4.79 Å². The average molecular weight is 426 g/mol. The zero-order valence-corrected chi connectivity index (χ0v) is 19.0. The molecule has 1 aromatic rings. The van der Waals surface area contributed by atoms with Gasteiger partial charge in [0.15, 0.2) is 0 Å². The van der Waals surface area contributed by atoms with Gasteiger partial charge in [-0.3, -0.25) is 14.6 Å². The van der Waals surface area contributed by atoms with Gasteiger partial charge in [-0.1, -0.05) is 30.3 Å². The number of hydrogen-bond acceptors (Lipinski definition) is 4. The van der Waals surface area contributed by atoms with Crippen molar-refractivity contribution in [3.8, 4) is 0 Å². The van der Waals surface area contributed by atoms with Crippen LogP contribution < -0.4 is 0 Å². The fourth-order valence-electron chi connectivity index (χ4n) is 6.91. The summed E-state index contributed by atoms with van der Waals surface area (Å²) in [7, 11) is 0. The van der Waals surface area contributed by atoms with Gasteiger partial charge >= 0.3 is 0 Å². The zero-order valence-electron chi connectivity index (χ0n) is 19.0. The highest BCUT2D eigenvalue weighted by Crippen LogP contribution is 2.43. The van der Waals surface area contributed by atoms with Crippen LogP contribution in [0.25, 0.3) is 0 Å². The highest BCUT2D eigenvalue weighted by Gasteiger charge is 2.48. The van der Waals surface area contributed by atoms with Crippen molar-refractivity contribution in [2.75, 3.05) is 45.9 Å². The Kier molecular flexibility index (Phi) is 6.92. The van der Waals surface area contributed by atoms with Crippen LogP contribution in [0, 0.1) is 11.8 Å². The lowest BCUT2D eigenvalue weighted by Gasteiger charge is -2.57. The minimum Gasteiger partial charge on any atom is -0.378 e. The van der Waals surface area contributed by atoms with E-state index in [2.05, 4.69) is 40.1 Å². The van der Waals surface area contributed by atoms with Gasteiger partial charge in [0.2, 0.25) is 5.91 Å². The van der Waals surface area contributed by atoms with Crippen molar-refractivity contribution in [2.24, 2.45) is 11.8 Å². The van der Waals surface area contributed by atoms with Crippen LogP contribution in [0.15, 0.2) is 30.3 Å². The van der Waals surface area contributed by atoms with Crippen LogP contribution >= 0.6 is 0 Å². The van der Waals surface area contributed by atoms with E-state index in [1.54, 1.807) is 0 Å². The second kappa shape index (κ2) is 10.0. The second-order valence-corrected chi connectivity index (χ2v) is 10.1. The molecule has 4 aliphatic rings. The molecule has 5 nitrogen and oxygen atoms in total. The standard InChI is InChI=1S/C26H39N3O2/c30-25(27-15-17-31-18-16-27)12-4-11-24-23-10-6-14-28-13-5-9-22(26(23)28)20-29(24)19-21-7-2-1-3-8-21/h1-3,7-8,22-24,26H,4-6,9-20H2/t22-,23+,24?,26-/m0/s1. The Morgan fingerprint density at radius 1 is 1.00 bits per heavy atom. The molecule has 1 amide bonds. The van der Waals surface area contributed by atoms with Gasteiger partial charge in [0, 0.05) is 44.7 Å². The van der Waals surface area contributed by atoms with Crippen LogP contribution in [0.4, 0.5) is 0 Å². The molecule has 4 aliphatic heterocycles. The molecule has 0 aliphatic carbocycles. The molecule has 0 bridgehead atoms. The first kappa shape index (κ1) is 21.4. The van der Waals surface area contributed by atoms with Crippen LogP contribution in [-0.4, -0.2) is 78.6 Å². The fourth-order valence-corrected chi connectivity index (χ4v) is 6.91. The molecule has 5 rings (SSSR count). The maximum atomic E-state index is 12.7. The first-order chi connectivity index (χ1) is 15.3. The molecular formula is C26H39N3O2. The third-order valence-electron chi connectivity index (χ3n) is 8.26. The molecule has 0 saturated carbocycles. The van der Waals surface area contributed by atoms with Crippen molar-refractivity contribution in [1.82, 2.24) is 14.7 Å². The molecule has 4 heterocycles. The lowest BCUT2D eigenvalue weighted by molar-refractivity contribution is -0.135. The quantitative estimate of drug-likeness (QED) is 0.700. The molecule has 4 fully saturated rings. The fraction of sp³-hybridized carbons (Fsp3) is 0.731. The minimum atomic E-state index is 0.328. The summed E-state index contributed by atoms with van der Waals surface area (Å²) in [5, 5.41) is 0. The van der Waals surface area contributed by atoms with Crippen molar-refractivity contribution < 1.29 is 9.53 Å². The Morgan fingerprint density at radius 2 is 1.77 bits per heavy atom. The van der Waals surface area contributed by atoms with Gasteiger partial charge in [0.25, 0.3) is 0 Å². The van der Waals surface area contributed by atoms with Crippen LogP contribution in [0.1, 0.15) is 50.5 Å². The first-order valence-electron chi connectivity index (χ1n) is 12.7. The van der Waals surface area contributed by atoms with Crippen molar-refractivity contribution in [3.05, 3.63) is 35.9 Å². The van der Waals surface area contributed by atoms with Crippen LogP contribution in [-0.2, 0) is 16.1 Å². The van der Waals surface area contributed by atoms with Crippen molar-refractivity contribution in [2.45, 2.75) is 63.6 Å². The lowest BCUT2D eigenvalue weighted by atomic mass is 9.69. The molecule has 4 atom stereocenters. The minimum absolute atomic E-state index is 0.328. The number of nitrogens with zero attached hydrogens (tertiary/aromatic N) is 3. The molecule has 1 unspecified atom stereocenters. The number of piperidine rings is 3. The highest BCUT2D eigenvalue weighted by molar-refractivity contribution is 5.76. The summed E-state index contributed by atoms with van der Waals surface area (Å²) in [6.07, 6.45) is 8.34. The smallest absolute Gasteiger partial charge is 0.222 e. The summed E-state index contributed by atoms with van der Waals surface area (Å²) in [5.74, 6) is 1.93. The molecule has 0 radical (unpaired) electrons. The number of carbonyl (C=O) groups is 1. The number of amides is 1. The Labute approximate surface area is 187 Å². The maximum Gasteiger partial charge on any atom is 0.222 e. The topological polar surface area (TPSA) is 36.0 Å². The zero-order chi connectivity index (χ0) is 21.0. The summed E-state index contributed by atoms with van der Waals surface area (Å²) < 4.78 is 5.41. The predicted molar refractivity (Wildman–Crippen MR) is 123 cm³/mol. The molecule has 0 aromatic heterocycles. The van der Waals surface area contributed by atoms with Crippen molar-refractivity contribution in [1.29, 1.82) is 0 Å². The van der Waals surface area contributed by atoms with Gasteiger partial charge in [-0.15, -0.1) is 0 Å². The summed E-state index contributed by atoms with van der Waals surface area (Å²) in [5.41, 5.74) is 1.43. The van der Waals surface area contributed by atoms with E-state index in [-0.39, 0.29) is 0 Å².